The van der Waals surface area contributed by atoms with E-state index in [1.807, 2.05) is 0 Å². The smallest absolute Gasteiger partial charge is 0.244 e. The molecule has 0 aromatic carbocycles. The van der Waals surface area contributed by atoms with Crippen LogP contribution < -0.4 is 0 Å². The highest BCUT2D eigenvalue weighted by atomic mass is 16.2. The zero-order chi connectivity index (χ0) is 8.97. The van der Waals surface area contributed by atoms with Crippen molar-refractivity contribution in [3.63, 3.8) is 0 Å². The number of hydrogen-bond donors (Lipinski definition) is 0. The molecule has 0 radical (unpaired) electrons. The van der Waals surface area contributed by atoms with Crippen molar-refractivity contribution >= 4 is 12.1 Å². The predicted molar refractivity (Wildman–Crippen MR) is 40.4 cm³/mol. The molecule has 0 aromatic heterocycles. The normalized spacial score (nSPS) is 15.4. The van der Waals surface area contributed by atoms with Crippen LogP contribution in [-0.2, 0) is 0 Å². The molecule has 0 bridgehead atoms. The van der Waals surface area contributed by atoms with E-state index in [-0.39, 0.29) is 0 Å². The molecule has 0 saturated heterocycles. The van der Waals surface area contributed by atoms with Crippen molar-refractivity contribution < 1.29 is 9.59 Å². The number of nitrogens with zero attached hydrogens (tertiary/aromatic N) is 3. The predicted octanol–water partition coefficient (Wildman–Crippen LogP) is 1.41. The molecule has 0 aliphatic carbocycles. The van der Waals surface area contributed by atoms with E-state index in [9.17, 15) is 9.59 Å². The lowest BCUT2D eigenvalue weighted by Crippen LogP contribution is -2.28. The Balaban J connectivity index is 2.39. The second-order valence-corrected chi connectivity index (χ2v) is 2.22. The van der Waals surface area contributed by atoms with Crippen molar-refractivity contribution in [2.75, 3.05) is 6.54 Å². The SMILES string of the molecule is C#CCCCN1C(=O)N=NC1=O. The van der Waals surface area contributed by atoms with Crippen LogP contribution in [-0.4, -0.2) is 23.5 Å². The fourth-order valence-electron chi connectivity index (χ4n) is 0.806. The van der Waals surface area contributed by atoms with Gasteiger partial charge in [0.1, 0.15) is 0 Å². The third-order valence-electron chi connectivity index (χ3n) is 1.39. The van der Waals surface area contributed by atoms with Crippen LogP contribution in [0.5, 0.6) is 0 Å². The van der Waals surface area contributed by atoms with Crippen LogP contribution in [0.1, 0.15) is 12.8 Å². The van der Waals surface area contributed by atoms with E-state index in [2.05, 4.69) is 16.1 Å². The van der Waals surface area contributed by atoms with E-state index in [4.69, 9.17) is 6.42 Å². The molecule has 0 unspecified atom stereocenters. The van der Waals surface area contributed by atoms with Gasteiger partial charge in [-0.3, -0.25) is 0 Å². The number of carbonyl (C=O) groups excluding carboxylic acids is 2. The summed E-state index contributed by atoms with van der Waals surface area (Å²) in [6.45, 7) is 0.300. The molecular weight excluding hydrogens is 158 g/mol. The van der Waals surface area contributed by atoms with Crippen LogP contribution in [0.2, 0.25) is 0 Å². The van der Waals surface area contributed by atoms with E-state index < -0.39 is 12.1 Å². The van der Waals surface area contributed by atoms with E-state index >= 15 is 0 Å². The van der Waals surface area contributed by atoms with E-state index in [1.165, 1.54) is 0 Å². The summed E-state index contributed by atoms with van der Waals surface area (Å²) in [4.78, 5) is 22.5. The van der Waals surface area contributed by atoms with Crippen LogP contribution in [0.25, 0.3) is 0 Å². The largest absolute Gasteiger partial charge is 0.370 e. The third kappa shape index (κ3) is 1.66. The number of imide groups is 1. The first-order valence-electron chi connectivity index (χ1n) is 3.46. The highest BCUT2D eigenvalue weighted by Crippen LogP contribution is 2.07. The molecule has 1 rings (SSSR count). The van der Waals surface area contributed by atoms with Crippen molar-refractivity contribution in [1.29, 1.82) is 0 Å². The maximum absolute atomic E-state index is 10.8. The Morgan fingerprint density at radius 3 is 2.42 bits per heavy atom. The standard InChI is InChI=1S/C7H7N3O2/c1-2-3-4-5-10-6(11)8-9-7(10)12/h1H,3-5H2. The number of hydrogen-bond acceptors (Lipinski definition) is 2. The molecule has 62 valence electrons. The summed E-state index contributed by atoms with van der Waals surface area (Å²) in [6.07, 6.45) is 6.13. The summed E-state index contributed by atoms with van der Waals surface area (Å²) in [7, 11) is 0. The number of unbranched alkanes of at least 4 members (excludes halogenated alkanes) is 1. The fraction of sp³-hybridized carbons (Fsp3) is 0.429. The lowest BCUT2D eigenvalue weighted by molar-refractivity contribution is 0.205. The van der Waals surface area contributed by atoms with Gasteiger partial charge in [-0.15, -0.1) is 12.3 Å². The molecule has 0 aromatic rings. The van der Waals surface area contributed by atoms with E-state index in [1.54, 1.807) is 0 Å². The topological polar surface area (TPSA) is 62.1 Å². The van der Waals surface area contributed by atoms with Crippen LogP contribution >= 0.6 is 0 Å². The first-order chi connectivity index (χ1) is 5.75. The molecule has 1 aliphatic heterocycles. The van der Waals surface area contributed by atoms with Gasteiger partial charge in [0.2, 0.25) is 0 Å². The van der Waals surface area contributed by atoms with Gasteiger partial charge in [0.15, 0.2) is 0 Å². The van der Waals surface area contributed by atoms with Crippen LogP contribution in [0.4, 0.5) is 9.59 Å². The lowest BCUT2D eigenvalue weighted by atomic mass is 10.3. The molecule has 12 heavy (non-hydrogen) atoms. The number of amides is 4. The minimum Gasteiger partial charge on any atom is -0.244 e. The quantitative estimate of drug-likeness (QED) is 0.468. The van der Waals surface area contributed by atoms with Crippen molar-refractivity contribution in [3.8, 4) is 12.3 Å². The average molecular weight is 165 g/mol. The Hall–Kier alpha value is -1.70. The van der Waals surface area contributed by atoms with Crippen molar-refractivity contribution in [3.05, 3.63) is 0 Å². The Morgan fingerprint density at radius 1 is 1.33 bits per heavy atom. The highest BCUT2D eigenvalue weighted by molar-refractivity contribution is 5.98. The van der Waals surface area contributed by atoms with Gasteiger partial charge in [0.25, 0.3) is 0 Å². The first kappa shape index (κ1) is 8.40. The monoisotopic (exact) mass is 165 g/mol. The van der Waals surface area contributed by atoms with Crippen LogP contribution in [0, 0.1) is 12.3 Å². The van der Waals surface area contributed by atoms with Crippen molar-refractivity contribution in [2.45, 2.75) is 12.8 Å². The summed E-state index contributed by atoms with van der Waals surface area (Å²) in [5.41, 5.74) is 0. The van der Waals surface area contributed by atoms with Gasteiger partial charge in [0.05, 0.1) is 0 Å². The van der Waals surface area contributed by atoms with Gasteiger partial charge < -0.3 is 0 Å². The minimum absolute atomic E-state index is 0.300. The summed E-state index contributed by atoms with van der Waals surface area (Å²) in [6, 6.07) is -1.20. The zero-order valence-corrected chi connectivity index (χ0v) is 6.36. The number of rotatable bonds is 3. The maximum Gasteiger partial charge on any atom is 0.370 e. The average Bonchev–Trinajstić information content (AvgIpc) is 2.35. The summed E-state index contributed by atoms with van der Waals surface area (Å²) >= 11 is 0. The van der Waals surface area contributed by atoms with Gasteiger partial charge >= 0.3 is 12.1 Å². The van der Waals surface area contributed by atoms with Gasteiger partial charge in [0, 0.05) is 13.0 Å². The Morgan fingerprint density at radius 2 is 1.92 bits per heavy atom. The Labute approximate surface area is 69.5 Å². The Kier molecular flexibility index (Phi) is 2.53. The molecule has 5 nitrogen and oxygen atoms in total. The second kappa shape index (κ2) is 3.62. The van der Waals surface area contributed by atoms with E-state index in [0.717, 1.165) is 4.90 Å². The van der Waals surface area contributed by atoms with Gasteiger partial charge in [-0.05, 0) is 6.42 Å². The second-order valence-electron chi connectivity index (χ2n) is 2.22. The number of terminal acetylenes is 1. The molecular formula is C7H7N3O2. The molecule has 0 fully saturated rings. The summed E-state index contributed by atoms with van der Waals surface area (Å²) in [5, 5.41) is 6.18. The molecule has 5 heteroatoms. The minimum atomic E-state index is -0.600. The lowest BCUT2D eigenvalue weighted by Gasteiger charge is -2.07. The van der Waals surface area contributed by atoms with Gasteiger partial charge in [-0.25, -0.2) is 14.5 Å². The number of carbonyl (C=O) groups is 2. The van der Waals surface area contributed by atoms with E-state index in [0.29, 0.717) is 19.4 Å². The number of azo groups is 1. The molecule has 0 spiro atoms. The van der Waals surface area contributed by atoms with Gasteiger partial charge in [-0.1, -0.05) is 10.2 Å². The molecule has 4 amide bonds. The Bertz CT molecular complexity index is 259. The van der Waals surface area contributed by atoms with Crippen molar-refractivity contribution in [2.24, 2.45) is 10.2 Å². The molecule has 0 atom stereocenters. The van der Waals surface area contributed by atoms with Crippen molar-refractivity contribution in [1.82, 2.24) is 4.90 Å². The first-order valence-corrected chi connectivity index (χ1v) is 3.46. The fourth-order valence-corrected chi connectivity index (χ4v) is 0.806. The third-order valence-corrected chi connectivity index (χ3v) is 1.39. The van der Waals surface area contributed by atoms with Crippen LogP contribution in [0.3, 0.4) is 0 Å². The molecule has 1 aliphatic rings. The molecule has 0 N–H and O–H groups in total. The van der Waals surface area contributed by atoms with Crippen LogP contribution in [0.15, 0.2) is 10.2 Å². The highest BCUT2D eigenvalue weighted by Gasteiger charge is 2.26. The maximum atomic E-state index is 10.8. The molecule has 1 heterocycles. The zero-order valence-electron chi connectivity index (χ0n) is 6.36. The number of urea groups is 2. The van der Waals surface area contributed by atoms with Gasteiger partial charge in [-0.2, -0.15) is 0 Å². The molecule has 0 saturated carbocycles. The summed E-state index contributed by atoms with van der Waals surface area (Å²) in [5.74, 6) is 2.41. The summed E-state index contributed by atoms with van der Waals surface area (Å²) < 4.78 is 0.